The van der Waals surface area contributed by atoms with E-state index in [0.717, 1.165) is 12.5 Å². The van der Waals surface area contributed by atoms with Crippen molar-refractivity contribution in [2.45, 2.75) is 64.6 Å². The van der Waals surface area contributed by atoms with Crippen molar-refractivity contribution in [1.29, 1.82) is 0 Å². The molecule has 2 aromatic rings. The van der Waals surface area contributed by atoms with Crippen molar-refractivity contribution >= 4 is 27.6 Å². The zero-order valence-electron chi connectivity index (χ0n) is 20.3. The van der Waals surface area contributed by atoms with Gasteiger partial charge < -0.3 is 15.4 Å². The van der Waals surface area contributed by atoms with Crippen LogP contribution in [0.1, 0.15) is 58.3 Å². The first kappa shape index (κ1) is 25.7. The molecule has 3 heterocycles. The number of sulfonamides is 1. The summed E-state index contributed by atoms with van der Waals surface area (Å²) >= 11 is 0. The van der Waals surface area contributed by atoms with E-state index in [9.17, 15) is 13.2 Å². The van der Waals surface area contributed by atoms with Crippen molar-refractivity contribution in [2.24, 2.45) is 11.8 Å². The average Bonchev–Trinajstić information content (AvgIpc) is 3.00. The van der Waals surface area contributed by atoms with Crippen LogP contribution in [0.3, 0.4) is 0 Å². The van der Waals surface area contributed by atoms with E-state index < -0.39 is 32.3 Å². The first-order valence-corrected chi connectivity index (χ1v) is 12.6. The fourth-order valence-electron chi connectivity index (χ4n) is 4.00. The van der Waals surface area contributed by atoms with Crippen LogP contribution in [0.25, 0.3) is 0 Å². The molecule has 0 bridgehead atoms. The monoisotopic (exact) mass is 493 g/mol. The third kappa shape index (κ3) is 5.40. The van der Waals surface area contributed by atoms with E-state index in [0.29, 0.717) is 6.54 Å². The predicted molar refractivity (Wildman–Crippen MR) is 128 cm³/mol. The van der Waals surface area contributed by atoms with Gasteiger partial charge >= 0.3 is 0 Å². The zero-order chi connectivity index (χ0) is 25.4. The van der Waals surface area contributed by atoms with Crippen molar-refractivity contribution in [3.63, 3.8) is 0 Å². The lowest BCUT2D eigenvalue weighted by atomic mass is 9.97. The van der Waals surface area contributed by atoms with E-state index >= 15 is 4.39 Å². The van der Waals surface area contributed by atoms with E-state index in [1.54, 1.807) is 6.92 Å². The van der Waals surface area contributed by atoms with Crippen molar-refractivity contribution in [2.75, 3.05) is 17.2 Å². The lowest BCUT2D eigenvalue weighted by molar-refractivity contribution is 0.0980. The molecule has 1 unspecified atom stereocenters. The molecular weight excluding hydrogens is 461 g/mol. The zero-order valence-corrected chi connectivity index (χ0v) is 21.1. The molecule has 34 heavy (non-hydrogen) atoms. The van der Waals surface area contributed by atoms with Crippen LogP contribution in [-0.2, 0) is 10.0 Å². The number of halogens is 1. The molecule has 0 aliphatic carbocycles. The molecule has 11 heteroatoms. The van der Waals surface area contributed by atoms with Crippen molar-refractivity contribution in [3.05, 3.63) is 35.6 Å². The van der Waals surface area contributed by atoms with Gasteiger partial charge in [-0.3, -0.25) is 4.79 Å². The number of nitrogens with two attached hydrogens (primary N) is 1. The molecule has 1 fully saturated rings. The molecule has 1 aliphatic heterocycles. The number of carbonyl (C=O) groups is 1. The lowest BCUT2D eigenvalue weighted by Gasteiger charge is -2.34. The number of nitrogens with zero attached hydrogens (tertiary/aromatic N) is 3. The van der Waals surface area contributed by atoms with Gasteiger partial charge in [-0.2, -0.15) is 13.4 Å². The fourth-order valence-corrected chi connectivity index (χ4v) is 4.94. The summed E-state index contributed by atoms with van der Waals surface area (Å²) in [7, 11) is -4.35. The normalized spacial score (nSPS) is 18.7. The summed E-state index contributed by atoms with van der Waals surface area (Å²) in [5.41, 5.74) is 4.97. The second kappa shape index (κ2) is 9.36. The topological polar surface area (TPSA) is 128 Å². The minimum absolute atomic E-state index is 0.0164. The van der Waals surface area contributed by atoms with Crippen LogP contribution in [0.5, 0.6) is 5.88 Å². The summed E-state index contributed by atoms with van der Waals surface area (Å²) in [6.45, 7) is 12.3. The van der Waals surface area contributed by atoms with Gasteiger partial charge in [0.25, 0.3) is 21.8 Å². The van der Waals surface area contributed by atoms with E-state index in [2.05, 4.69) is 16.9 Å². The number of carbonyl (C=O) groups excluding carboxylic acids is 1. The molecule has 0 aromatic carbocycles. The molecule has 2 atom stereocenters. The minimum Gasteiger partial charge on any atom is -0.472 e. The summed E-state index contributed by atoms with van der Waals surface area (Å²) in [6.07, 6.45) is 0.493. The van der Waals surface area contributed by atoms with Gasteiger partial charge in [0.15, 0.2) is 10.8 Å². The molecule has 2 aromatic heterocycles. The van der Waals surface area contributed by atoms with Gasteiger partial charge in [0.1, 0.15) is 17.7 Å². The van der Waals surface area contributed by atoms with Gasteiger partial charge in [-0.15, -0.1) is 0 Å². The third-order valence-corrected chi connectivity index (χ3v) is 7.21. The summed E-state index contributed by atoms with van der Waals surface area (Å²) in [5, 5.41) is -0.420. The Labute approximate surface area is 200 Å². The second-order valence-electron chi connectivity index (χ2n) is 9.78. The highest BCUT2D eigenvalue weighted by atomic mass is 32.2. The van der Waals surface area contributed by atoms with Crippen molar-refractivity contribution in [3.8, 4) is 5.88 Å². The maximum Gasteiger partial charge on any atom is 0.281 e. The van der Waals surface area contributed by atoms with Gasteiger partial charge in [-0.25, -0.2) is 14.1 Å². The van der Waals surface area contributed by atoms with Crippen LogP contribution in [0, 0.1) is 17.7 Å². The molecular formula is C23H32FN5O4S. The van der Waals surface area contributed by atoms with E-state index in [-0.39, 0.29) is 41.0 Å². The summed E-state index contributed by atoms with van der Waals surface area (Å²) in [5.74, 6) is -1.57. The number of pyridine rings is 2. The van der Waals surface area contributed by atoms with Crippen LogP contribution in [0.2, 0.25) is 0 Å². The Morgan fingerprint density at radius 3 is 2.53 bits per heavy atom. The second-order valence-corrected chi connectivity index (χ2v) is 11.4. The standard InChI is InChI=1S/C23H32FN5O4S/c1-13(2)15(4)33-22-17(24)10-16(20(27-22)29-12-14(3)11-23(29,5)6)21(30)28-34(31,32)19-9-7-8-18(25)26-19/h7-10,13-15H,11-12H2,1-6H3,(H2,25,26)(H,28,30)/t14-,15?/m0/s1. The number of amides is 1. The Kier molecular flexibility index (Phi) is 7.07. The quantitative estimate of drug-likeness (QED) is 0.601. The summed E-state index contributed by atoms with van der Waals surface area (Å²) < 4.78 is 48.2. The number of nitrogen functional groups attached to an aromatic ring is 1. The largest absolute Gasteiger partial charge is 0.472 e. The molecule has 0 radical (unpaired) electrons. The molecule has 0 saturated carbocycles. The number of rotatable bonds is 7. The highest BCUT2D eigenvalue weighted by Crippen LogP contribution is 2.39. The van der Waals surface area contributed by atoms with E-state index in [1.165, 1.54) is 18.2 Å². The first-order chi connectivity index (χ1) is 15.7. The average molecular weight is 494 g/mol. The first-order valence-electron chi connectivity index (χ1n) is 11.2. The van der Waals surface area contributed by atoms with Gasteiger partial charge in [0.05, 0.1) is 5.56 Å². The third-order valence-electron chi connectivity index (χ3n) is 5.98. The van der Waals surface area contributed by atoms with Crippen LogP contribution in [-0.4, -0.2) is 42.5 Å². The predicted octanol–water partition coefficient (Wildman–Crippen LogP) is 3.36. The molecule has 1 saturated heterocycles. The number of hydrogen-bond donors (Lipinski definition) is 2. The van der Waals surface area contributed by atoms with Gasteiger partial charge in [0.2, 0.25) is 0 Å². The number of aromatic nitrogens is 2. The Morgan fingerprint density at radius 1 is 1.29 bits per heavy atom. The van der Waals surface area contributed by atoms with Crippen molar-refractivity contribution in [1.82, 2.24) is 14.7 Å². The molecule has 1 aliphatic rings. The fraction of sp³-hybridized carbons (Fsp3) is 0.522. The lowest BCUT2D eigenvalue weighted by Crippen LogP contribution is -2.41. The highest BCUT2D eigenvalue weighted by molar-refractivity contribution is 7.90. The van der Waals surface area contributed by atoms with Gasteiger partial charge in [-0.05, 0) is 57.2 Å². The summed E-state index contributed by atoms with van der Waals surface area (Å²) in [4.78, 5) is 23.2. The van der Waals surface area contributed by atoms with Crippen LogP contribution in [0.4, 0.5) is 16.0 Å². The van der Waals surface area contributed by atoms with Crippen LogP contribution < -0.4 is 20.1 Å². The van der Waals surface area contributed by atoms with E-state index in [4.69, 9.17) is 10.5 Å². The number of hydrogen-bond acceptors (Lipinski definition) is 8. The van der Waals surface area contributed by atoms with Gasteiger partial charge in [-0.1, -0.05) is 26.8 Å². The smallest absolute Gasteiger partial charge is 0.281 e. The Hall–Kier alpha value is -2.95. The summed E-state index contributed by atoms with van der Waals surface area (Å²) in [6, 6.07) is 5.01. The number of nitrogens with one attached hydrogen (secondary N) is 1. The highest BCUT2D eigenvalue weighted by Gasteiger charge is 2.40. The Morgan fingerprint density at radius 2 is 1.97 bits per heavy atom. The molecule has 186 valence electrons. The minimum atomic E-state index is -4.35. The number of anilines is 2. The maximum atomic E-state index is 15.0. The molecule has 1 amide bonds. The van der Waals surface area contributed by atoms with Crippen LogP contribution in [0.15, 0.2) is 29.3 Å². The van der Waals surface area contributed by atoms with Gasteiger partial charge in [0, 0.05) is 12.1 Å². The molecule has 0 spiro atoms. The molecule has 3 rings (SSSR count). The van der Waals surface area contributed by atoms with Crippen LogP contribution >= 0.6 is 0 Å². The number of ether oxygens (including phenoxy) is 1. The van der Waals surface area contributed by atoms with E-state index in [1.807, 2.05) is 37.3 Å². The molecule has 9 nitrogen and oxygen atoms in total. The van der Waals surface area contributed by atoms with Crippen molar-refractivity contribution < 1.29 is 22.3 Å². The molecule has 3 N–H and O–H groups in total. The SMILES string of the molecule is CC(C)C(C)Oc1nc(N2C[C@@H](C)CC2(C)C)c(C(=O)NS(=O)(=O)c2cccc(N)n2)cc1F. The Balaban J connectivity index is 2.06. The maximum absolute atomic E-state index is 15.0. The Bertz CT molecular complexity index is 1190.